The van der Waals surface area contributed by atoms with Crippen molar-refractivity contribution in [1.82, 2.24) is 34.2 Å². The van der Waals surface area contributed by atoms with Crippen molar-refractivity contribution in [3.05, 3.63) is 36.9 Å². The van der Waals surface area contributed by atoms with Crippen molar-refractivity contribution in [2.24, 2.45) is 7.05 Å². The van der Waals surface area contributed by atoms with Gasteiger partial charge in [-0.2, -0.15) is 0 Å². The molecule has 1 atom stereocenters. The lowest BCUT2D eigenvalue weighted by molar-refractivity contribution is 0.0878. The van der Waals surface area contributed by atoms with Crippen LogP contribution < -0.4 is 5.32 Å². The average molecular weight is 331 g/mol. The van der Waals surface area contributed by atoms with Crippen LogP contribution in [0.25, 0.3) is 0 Å². The van der Waals surface area contributed by atoms with E-state index in [2.05, 4.69) is 27.1 Å². The number of rotatable bonds is 5. The first-order valence-corrected chi connectivity index (χ1v) is 8.38. The minimum Gasteiger partial charge on any atom is -0.337 e. The molecule has 3 heterocycles. The molecule has 0 spiro atoms. The molecule has 2 amide bonds. The summed E-state index contributed by atoms with van der Waals surface area (Å²) in [6.07, 6.45) is 9.15. The summed E-state index contributed by atoms with van der Waals surface area (Å²) in [7, 11) is 2.00. The smallest absolute Gasteiger partial charge is 0.317 e. The van der Waals surface area contributed by atoms with Crippen molar-refractivity contribution in [3.63, 3.8) is 0 Å². The number of carbonyl (C=O) groups is 1. The average Bonchev–Trinajstić information content (AvgIpc) is 3.25. The van der Waals surface area contributed by atoms with Crippen molar-refractivity contribution < 1.29 is 4.79 Å². The number of nitrogens with zero attached hydrogens (tertiary/aromatic N) is 6. The summed E-state index contributed by atoms with van der Waals surface area (Å²) < 4.78 is 3.99. The number of amides is 2. The van der Waals surface area contributed by atoms with Crippen LogP contribution in [0.3, 0.4) is 0 Å². The number of imidazole rings is 2. The highest BCUT2D eigenvalue weighted by Gasteiger charge is 2.31. The first-order valence-electron chi connectivity index (χ1n) is 8.38. The van der Waals surface area contributed by atoms with E-state index < -0.39 is 0 Å². The summed E-state index contributed by atoms with van der Waals surface area (Å²) in [4.78, 5) is 25.2. The van der Waals surface area contributed by atoms with Gasteiger partial charge in [-0.1, -0.05) is 6.92 Å². The molecule has 0 saturated carbocycles. The van der Waals surface area contributed by atoms with Crippen LogP contribution >= 0.6 is 0 Å². The molecule has 130 valence electrons. The van der Waals surface area contributed by atoms with E-state index in [9.17, 15) is 4.79 Å². The van der Waals surface area contributed by atoms with Crippen LogP contribution in [0, 0.1) is 0 Å². The van der Waals surface area contributed by atoms with Gasteiger partial charge in [0.1, 0.15) is 5.82 Å². The van der Waals surface area contributed by atoms with E-state index in [-0.39, 0.29) is 12.1 Å². The third-order valence-corrected chi connectivity index (χ3v) is 4.55. The lowest BCUT2D eigenvalue weighted by atomic mass is 10.1. The molecule has 1 aliphatic rings. The Labute approximate surface area is 142 Å². The number of aryl methyl sites for hydroxylation is 1. The largest absolute Gasteiger partial charge is 0.337 e. The monoisotopic (exact) mass is 331 g/mol. The normalized spacial score (nSPS) is 18.8. The number of hydrogen-bond acceptors (Lipinski definition) is 4. The summed E-state index contributed by atoms with van der Waals surface area (Å²) in [5, 5.41) is 3.00. The third kappa shape index (κ3) is 3.59. The molecule has 1 N–H and O–H groups in total. The maximum absolute atomic E-state index is 12.5. The van der Waals surface area contributed by atoms with Gasteiger partial charge in [-0.05, 0) is 6.54 Å². The maximum Gasteiger partial charge on any atom is 0.317 e. The van der Waals surface area contributed by atoms with Gasteiger partial charge < -0.3 is 19.4 Å². The van der Waals surface area contributed by atoms with Crippen LogP contribution in [0.4, 0.5) is 4.79 Å². The Balaban J connectivity index is 1.58. The highest BCUT2D eigenvalue weighted by atomic mass is 16.2. The van der Waals surface area contributed by atoms with E-state index in [1.165, 1.54) is 0 Å². The fourth-order valence-corrected chi connectivity index (χ4v) is 3.15. The van der Waals surface area contributed by atoms with E-state index in [0.717, 1.165) is 32.0 Å². The Bertz CT molecular complexity index is 651. The molecule has 1 saturated heterocycles. The molecule has 24 heavy (non-hydrogen) atoms. The molecule has 2 aromatic heterocycles. The van der Waals surface area contributed by atoms with Crippen molar-refractivity contribution >= 4 is 6.03 Å². The standard InChI is InChI=1S/C16H25N7O/c1-3-22-10-11-23(12-14(22)15-18-5-7-20(15)2)16(24)19-6-9-21-8-4-17-13-21/h4-5,7-8,13-14H,3,6,9-12H2,1-2H3,(H,19,24)/t14-/m0/s1. The zero-order valence-electron chi connectivity index (χ0n) is 14.3. The van der Waals surface area contributed by atoms with Gasteiger partial charge >= 0.3 is 6.03 Å². The van der Waals surface area contributed by atoms with E-state index in [1.807, 2.05) is 39.7 Å². The number of urea groups is 1. The van der Waals surface area contributed by atoms with Crippen molar-refractivity contribution in [2.45, 2.75) is 19.5 Å². The highest BCUT2D eigenvalue weighted by molar-refractivity contribution is 5.74. The van der Waals surface area contributed by atoms with Crippen LogP contribution in [0.2, 0.25) is 0 Å². The van der Waals surface area contributed by atoms with Gasteiger partial charge in [-0.3, -0.25) is 4.90 Å². The number of nitrogens with one attached hydrogen (secondary N) is 1. The Hall–Kier alpha value is -2.35. The van der Waals surface area contributed by atoms with Crippen molar-refractivity contribution in [2.75, 3.05) is 32.7 Å². The quantitative estimate of drug-likeness (QED) is 0.876. The molecule has 8 nitrogen and oxygen atoms in total. The molecule has 0 aliphatic carbocycles. The lowest BCUT2D eigenvalue weighted by Crippen LogP contribution is -2.53. The summed E-state index contributed by atoms with van der Waals surface area (Å²) in [5.41, 5.74) is 0. The van der Waals surface area contributed by atoms with Gasteiger partial charge in [0, 0.05) is 64.6 Å². The fraction of sp³-hybridized carbons (Fsp3) is 0.562. The second-order valence-electron chi connectivity index (χ2n) is 6.02. The van der Waals surface area contributed by atoms with Gasteiger partial charge in [-0.15, -0.1) is 0 Å². The minimum atomic E-state index is -0.00919. The van der Waals surface area contributed by atoms with Gasteiger partial charge in [0.15, 0.2) is 0 Å². The van der Waals surface area contributed by atoms with Crippen LogP contribution in [0.15, 0.2) is 31.1 Å². The molecule has 1 fully saturated rings. The number of piperazine rings is 1. The van der Waals surface area contributed by atoms with Gasteiger partial charge in [0.25, 0.3) is 0 Å². The zero-order valence-corrected chi connectivity index (χ0v) is 14.3. The van der Waals surface area contributed by atoms with Crippen molar-refractivity contribution in [3.8, 4) is 0 Å². The SMILES string of the molecule is CCN1CCN(C(=O)NCCn2ccnc2)C[C@H]1c1nccn1C. The molecule has 0 radical (unpaired) electrons. The minimum absolute atomic E-state index is 0.00919. The first kappa shape index (κ1) is 16.5. The molecule has 2 aromatic rings. The Morgan fingerprint density at radius 2 is 2.21 bits per heavy atom. The van der Waals surface area contributed by atoms with Crippen molar-refractivity contribution in [1.29, 1.82) is 0 Å². The maximum atomic E-state index is 12.5. The first-order chi connectivity index (χ1) is 11.7. The molecular weight excluding hydrogens is 306 g/mol. The van der Waals surface area contributed by atoms with E-state index in [1.54, 1.807) is 12.5 Å². The van der Waals surface area contributed by atoms with Crippen LogP contribution in [-0.4, -0.2) is 67.7 Å². The number of aromatic nitrogens is 4. The molecule has 0 bridgehead atoms. The second-order valence-corrected chi connectivity index (χ2v) is 6.02. The Morgan fingerprint density at radius 3 is 2.88 bits per heavy atom. The Kier molecular flexibility index (Phi) is 5.14. The summed E-state index contributed by atoms with van der Waals surface area (Å²) in [6, 6.07) is 0.133. The lowest BCUT2D eigenvalue weighted by Gasteiger charge is -2.40. The van der Waals surface area contributed by atoms with Crippen LogP contribution in [-0.2, 0) is 13.6 Å². The third-order valence-electron chi connectivity index (χ3n) is 4.55. The van der Waals surface area contributed by atoms with E-state index >= 15 is 0 Å². The molecular formula is C16H25N7O. The van der Waals surface area contributed by atoms with Crippen LogP contribution in [0.1, 0.15) is 18.8 Å². The van der Waals surface area contributed by atoms with E-state index in [0.29, 0.717) is 13.1 Å². The summed E-state index contributed by atoms with van der Waals surface area (Å²) >= 11 is 0. The molecule has 0 unspecified atom stereocenters. The van der Waals surface area contributed by atoms with Gasteiger partial charge in [0.05, 0.1) is 12.4 Å². The predicted octanol–water partition coefficient (Wildman–Crippen LogP) is 0.705. The number of likely N-dealkylation sites (N-methyl/N-ethyl adjacent to an activating group) is 1. The molecule has 3 rings (SSSR count). The Morgan fingerprint density at radius 1 is 1.33 bits per heavy atom. The number of hydrogen-bond donors (Lipinski definition) is 1. The zero-order chi connectivity index (χ0) is 16.9. The highest BCUT2D eigenvalue weighted by Crippen LogP contribution is 2.23. The van der Waals surface area contributed by atoms with Crippen LogP contribution in [0.5, 0.6) is 0 Å². The summed E-state index contributed by atoms with van der Waals surface area (Å²) in [5.74, 6) is 1.01. The van der Waals surface area contributed by atoms with Gasteiger partial charge in [-0.25, -0.2) is 14.8 Å². The molecule has 0 aromatic carbocycles. The second kappa shape index (κ2) is 7.48. The molecule has 8 heteroatoms. The summed E-state index contributed by atoms with van der Waals surface area (Å²) in [6.45, 7) is 6.69. The van der Waals surface area contributed by atoms with E-state index in [4.69, 9.17) is 0 Å². The molecule has 1 aliphatic heterocycles. The van der Waals surface area contributed by atoms with Gasteiger partial charge in [0.2, 0.25) is 0 Å². The number of carbonyl (C=O) groups excluding carboxylic acids is 1. The topological polar surface area (TPSA) is 71.2 Å². The predicted molar refractivity (Wildman–Crippen MR) is 90.4 cm³/mol. The fourth-order valence-electron chi connectivity index (χ4n) is 3.15.